The van der Waals surface area contributed by atoms with Crippen molar-refractivity contribution in [3.63, 3.8) is 0 Å². The first-order valence-corrected chi connectivity index (χ1v) is 8.41. The van der Waals surface area contributed by atoms with E-state index in [2.05, 4.69) is 55.5 Å². The van der Waals surface area contributed by atoms with E-state index in [1.165, 1.54) is 12.7 Å². The summed E-state index contributed by atoms with van der Waals surface area (Å²) in [6.45, 7) is 2.05. The smallest absolute Gasteiger partial charge is 0.340 e. The van der Waals surface area contributed by atoms with E-state index in [1.807, 2.05) is 11.4 Å². The number of esters is 1. The highest BCUT2D eigenvalue weighted by molar-refractivity contribution is 9.11. The molecule has 1 aromatic carbocycles. The molecular formula is C14H13Br2NO2S. The van der Waals surface area contributed by atoms with Crippen molar-refractivity contribution < 1.29 is 9.53 Å². The summed E-state index contributed by atoms with van der Waals surface area (Å²) in [6.07, 6.45) is 0. The number of carbonyl (C=O) groups is 1. The number of carbonyl (C=O) groups excluding carboxylic acids is 1. The molecule has 0 amide bonds. The van der Waals surface area contributed by atoms with Crippen LogP contribution in [0.2, 0.25) is 0 Å². The minimum absolute atomic E-state index is 0.0992. The molecular weight excluding hydrogens is 406 g/mol. The van der Waals surface area contributed by atoms with Gasteiger partial charge in [0, 0.05) is 15.0 Å². The summed E-state index contributed by atoms with van der Waals surface area (Å²) in [5.41, 5.74) is 2.41. The fourth-order valence-corrected chi connectivity index (χ4v) is 3.91. The number of halogens is 2. The van der Waals surface area contributed by atoms with Crippen molar-refractivity contribution in [1.29, 1.82) is 0 Å². The first kappa shape index (κ1) is 15.5. The van der Waals surface area contributed by atoms with E-state index in [0.717, 1.165) is 14.6 Å². The lowest BCUT2D eigenvalue weighted by Crippen LogP contribution is -2.12. The Morgan fingerprint density at radius 2 is 2.15 bits per heavy atom. The summed E-state index contributed by atoms with van der Waals surface area (Å²) in [5, 5.41) is 7.48. The van der Waals surface area contributed by atoms with Gasteiger partial charge in [-0.1, -0.05) is 15.9 Å². The Balaban J connectivity index is 2.37. The summed E-state index contributed by atoms with van der Waals surface area (Å²) in [6, 6.07) is 5.81. The maximum Gasteiger partial charge on any atom is 0.340 e. The number of hydrogen-bond acceptors (Lipinski definition) is 4. The van der Waals surface area contributed by atoms with Crippen LogP contribution in [0, 0.1) is 0 Å². The predicted molar refractivity (Wildman–Crippen MR) is 89.5 cm³/mol. The van der Waals surface area contributed by atoms with Crippen molar-refractivity contribution in [1.82, 2.24) is 0 Å². The van der Waals surface area contributed by atoms with Crippen LogP contribution in [0.5, 0.6) is 0 Å². The van der Waals surface area contributed by atoms with Crippen LogP contribution < -0.4 is 5.32 Å². The van der Waals surface area contributed by atoms with Gasteiger partial charge >= 0.3 is 5.97 Å². The number of benzene rings is 1. The number of methoxy groups -OCH3 is 1. The highest BCUT2D eigenvalue weighted by Crippen LogP contribution is 2.34. The average Bonchev–Trinajstić information content (AvgIpc) is 2.94. The molecule has 0 fully saturated rings. The fourth-order valence-electron chi connectivity index (χ4n) is 1.81. The molecule has 0 saturated carbocycles. The average molecular weight is 419 g/mol. The second-order valence-corrected chi connectivity index (χ2v) is 6.77. The topological polar surface area (TPSA) is 38.3 Å². The maximum absolute atomic E-state index is 11.9. The van der Waals surface area contributed by atoms with Gasteiger partial charge in [0.2, 0.25) is 0 Å². The summed E-state index contributed by atoms with van der Waals surface area (Å²) < 4.78 is 6.47. The molecule has 0 aliphatic carbocycles. The van der Waals surface area contributed by atoms with E-state index in [-0.39, 0.29) is 12.0 Å². The number of rotatable bonds is 4. The van der Waals surface area contributed by atoms with E-state index < -0.39 is 0 Å². The quantitative estimate of drug-likeness (QED) is 0.690. The van der Waals surface area contributed by atoms with Crippen LogP contribution in [0.1, 0.15) is 28.9 Å². The molecule has 1 unspecified atom stereocenters. The molecule has 1 aromatic heterocycles. The largest absolute Gasteiger partial charge is 0.465 e. The molecule has 20 heavy (non-hydrogen) atoms. The summed E-state index contributed by atoms with van der Waals surface area (Å²) in [7, 11) is 1.38. The summed E-state index contributed by atoms with van der Waals surface area (Å²) >= 11 is 8.52. The van der Waals surface area contributed by atoms with E-state index in [1.54, 1.807) is 17.4 Å². The predicted octanol–water partition coefficient (Wildman–Crippen LogP) is 5.23. The fraction of sp³-hybridized carbons (Fsp3) is 0.214. The van der Waals surface area contributed by atoms with Crippen molar-refractivity contribution in [3.8, 4) is 0 Å². The molecule has 2 aromatic rings. The Kier molecular flexibility index (Phi) is 5.23. The van der Waals surface area contributed by atoms with Gasteiger partial charge in [0.25, 0.3) is 0 Å². The van der Waals surface area contributed by atoms with Crippen molar-refractivity contribution in [2.75, 3.05) is 12.4 Å². The number of ether oxygens (including phenoxy) is 1. The Morgan fingerprint density at radius 3 is 2.75 bits per heavy atom. The highest BCUT2D eigenvalue weighted by Gasteiger charge is 2.18. The van der Waals surface area contributed by atoms with Gasteiger partial charge in [-0.25, -0.2) is 4.79 Å². The first-order chi connectivity index (χ1) is 9.52. The molecule has 0 bridgehead atoms. The summed E-state index contributed by atoms with van der Waals surface area (Å²) in [5.74, 6) is -0.369. The van der Waals surface area contributed by atoms with Gasteiger partial charge in [0.15, 0.2) is 0 Å². The van der Waals surface area contributed by atoms with Crippen LogP contribution in [0.3, 0.4) is 0 Å². The van der Waals surface area contributed by atoms with Gasteiger partial charge in [-0.3, -0.25) is 0 Å². The van der Waals surface area contributed by atoms with Crippen LogP contribution in [0.25, 0.3) is 0 Å². The van der Waals surface area contributed by atoms with Crippen molar-refractivity contribution in [3.05, 3.63) is 49.0 Å². The summed E-state index contributed by atoms with van der Waals surface area (Å²) in [4.78, 5) is 11.9. The van der Waals surface area contributed by atoms with Gasteiger partial charge in [-0.05, 0) is 57.4 Å². The molecule has 6 heteroatoms. The second kappa shape index (κ2) is 6.74. The van der Waals surface area contributed by atoms with Crippen LogP contribution >= 0.6 is 43.2 Å². The highest BCUT2D eigenvalue weighted by atomic mass is 79.9. The monoisotopic (exact) mass is 417 g/mol. The SMILES string of the molecule is COC(=O)c1cc(Br)cc(Br)c1NC(C)c1ccsc1. The van der Waals surface area contributed by atoms with Crippen LogP contribution in [0.4, 0.5) is 5.69 Å². The Labute approximate surface area is 138 Å². The van der Waals surface area contributed by atoms with E-state index in [4.69, 9.17) is 4.74 Å². The number of anilines is 1. The number of hydrogen-bond donors (Lipinski definition) is 1. The minimum Gasteiger partial charge on any atom is -0.465 e. The van der Waals surface area contributed by atoms with Crippen molar-refractivity contribution in [2.45, 2.75) is 13.0 Å². The third kappa shape index (κ3) is 3.42. The lowest BCUT2D eigenvalue weighted by Gasteiger charge is -2.18. The Bertz CT molecular complexity index is 614. The lowest BCUT2D eigenvalue weighted by molar-refractivity contribution is 0.0601. The Hall–Kier alpha value is -0.850. The molecule has 1 N–H and O–H groups in total. The first-order valence-electron chi connectivity index (χ1n) is 5.89. The minimum atomic E-state index is -0.369. The third-order valence-corrected chi connectivity index (χ3v) is 4.65. The third-order valence-electron chi connectivity index (χ3n) is 2.86. The van der Waals surface area contributed by atoms with Crippen LogP contribution in [-0.4, -0.2) is 13.1 Å². The molecule has 1 heterocycles. The van der Waals surface area contributed by atoms with Crippen molar-refractivity contribution in [2.24, 2.45) is 0 Å². The molecule has 0 aliphatic heterocycles. The van der Waals surface area contributed by atoms with Crippen molar-refractivity contribution >= 4 is 54.9 Å². The van der Waals surface area contributed by atoms with Gasteiger partial charge in [-0.2, -0.15) is 11.3 Å². The van der Waals surface area contributed by atoms with Gasteiger partial charge in [0.05, 0.1) is 18.4 Å². The zero-order valence-corrected chi connectivity index (χ0v) is 14.9. The molecule has 0 radical (unpaired) electrons. The van der Waals surface area contributed by atoms with Gasteiger partial charge < -0.3 is 10.1 Å². The molecule has 2 rings (SSSR count). The molecule has 0 saturated heterocycles. The van der Waals surface area contributed by atoms with Crippen LogP contribution in [0.15, 0.2) is 37.9 Å². The van der Waals surface area contributed by atoms with E-state index >= 15 is 0 Å². The normalized spacial score (nSPS) is 12.0. The lowest BCUT2D eigenvalue weighted by atomic mass is 10.1. The zero-order chi connectivity index (χ0) is 14.7. The van der Waals surface area contributed by atoms with Gasteiger partial charge in [0.1, 0.15) is 0 Å². The van der Waals surface area contributed by atoms with E-state index in [9.17, 15) is 4.79 Å². The standard InChI is InChI=1S/C14H13Br2NO2S/c1-8(9-3-4-20-7-9)17-13-11(14(18)19-2)5-10(15)6-12(13)16/h3-8,17H,1-2H3. The molecule has 106 valence electrons. The zero-order valence-electron chi connectivity index (χ0n) is 10.9. The molecule has 0 aliphatic rings. The second-order valence-electron chi connectivity index (χ2n) is 4.22. The molecule has 3 nitrogen and oxygen atoms in total. The van der Waals surface area contributed by atoms with Crippen LogP contribution in [-0.2, 0) is 4.74 Å². The Morgan fingerprint density at radius 1 is 1.40 bits per heavy atom. The van der Waals surface area contributed by atoms with E-state index in [0.29, 0.717) is 5.56 Å². The molecule has 1 atom stereocenters. The number of thiophene rings is 1. The van der Waals surface area contributed by atoms with Gasteiger partial charge in [-0.15, -0.1) is 0 Å². The molecule has 0 spiro atoms. The maximum atomic E-state index is 11.9. The number of nitrogens with one attached hydrogen (secondary N) is 1.